The molecule has 110 valence electrons. The third-order valence-electron chi connectivity index (χ3n) is 2.99. The molecule has 5 nitrogen and oxygen atoms in total. The van der Waals surface area contributed by atoms with Crippen molar-refractivity contribution in [1.29, 1.82) is 0 Å². The first kappa shape index (κ1) is 14.0. The Hall–Kier alpha value is -1.92. The largest absolute Gasteiger partial charge is 0.457 e. The number of aliphatic hydroxyl groups is 1. The van der Waals surface area contributed by atoms with E-state index >= 15 is 0 Å². The van der Waals surface area contributed by atoms with Crippen molar-refractivity contribution in [2.45, 2.75) is 32.2 Å². The first-order valence-corrected chi connectivity index (χ1v) is 7.41. The summed E-state index contributed by atoms with van der Waals surface area (Å²) in [4.78, 5) is 15.9. The van der Waals surface area contributed by atoms with Crippen LogP contribution in [0.4, 0.5) is 0 Å². The third kappa shape index (κ3) is 3.06. The molecule has 0 unspecified atom stereocenters. The summed E-state index contributed by atoms with van der Waals surface area (Å²) in [5.41, 5.74) is 0.856. The smallest absolute Gasteiger partial charge is 0.337 e. The molecule has 1 aliphatic rings. The second-order valence-corrected chi connectivity index (χ2v) is 6.34. The van der Waals surface area contributed by atoms with Gasteiger partial charge in [0.25, 0.3) is 0 Å². The van der Waals surface area contributed by atoms with E-state index < -0.39 is 17.9 Å². The van der Waals surface area contributed by atoms with Crippen LogP contribution in [0, 0.1) is 0 Å². The van der Waals surface area contributed by atoms with Crippen LogP contribution >= 0.6 is 11.3 Å². The predicted octanol–water partition coefficient (Wildman–Crippen LogP) is 2.91. The number of nitrogens with zero attached hydrogens (tertiary/aromatic N) is 1. The third-order valence-corrected chi connectivity index (χ3v) is 4.13. The van der Waals surface area contributed by atoms with Gasteiger partial charge in [-0.3, -0.25) is 0 Å². The van der Waals surface area contributed by atoms with Crippen LogP contribution in [0.15, 0.2) is 36.1 Å². The molecule has 0 fully saturated rings. The van der Waals surface area contributed by atoms with E-state index in [0.717, 1.165) is 10.2 Å². The number of thiazole rings is 1. The van der Waals surface area contributed by atoms with Crippen molar-refractivity contribution >= 4 is 27.5 Å². The highest BCUT2D eigenvalue weighted by Gasteiger charge is 2.31. The fourth-order valence-corrected chi connectivity index (χ4v) is 3.13. The maximum atomic E-state index is 11.5. The summed E-state index contributed by atoms with van der Waals surface area (Å²) in [6.07, 6.45) is 0.649. The number of fused-ring (bicyclic) bond motifs is 1. The van der Waals surface area contributed by atoms with Gasteiger partial charge >= 0.3 is 5.97 Å². The Kier molecular flexibility index (Phi) is 3.43. The van der Waals surface area contributed by atoms with Crippen molar-refractivity contribution in [2.75, 3.05) is 0 Å². The minimum atomic E-state index is -1.01. The molecule has 1 N–H and O–H groups in total. The van der Waals surface area contributed by atoms with Crippen LogP contribution in [0.25, 0.3) is 10.2 Å². The Bertz CT molecular complexity index is 686. The van der Waals surface area contributed by atoms with E-state index in [1.165, 1.54) is 17.4 Å². The molecule has 3 rings (SSSR count). The van der Waals surface area contributed by atoms with Crippen molar-refractivity contribution in [1.82, 2.24) is 4.98 Å². The van der Waals surface area contributed by atoms with Gasteiger partial charge in [-0.15, -0.1) is 11.3 Å². The zero-order valence-corrected chi connectivity index (χ0v) is 12.5. The van der Waals surface area contributed by atoms with Gasteiger partial charge in [-0.05, 0) is 12.1 Å². The lowest BCUT2D eigenvalue weighted by Crippen LogP contribution is -2.34. The van der Waals surface area contributed by atoms with Crippen LogP contribution in [-0.4, -0.2) is 21.8 Å². The molecule has 2 heterocycles. The molecule has 0 amide bonds. The molecule has 1 atom stereocenters. The highest BCUT2D eigenvalue weighted by molar-refractivity contribution is 7.18. The van der Waals surface area contributed by atoms with Crippen molar-refractivity contribution in [3.8, 4) is 0 Å². The lowest BCUT2D eigenvalue weighted by atomic mass is 10.2. The number of benzene rings is 1. The van der Waals surface area contributed by atoms with Crippen LogP contribution in [0.5, 0.6) is 0 Å². The molecular formula is C15H15NO4S. The Morgan fingerprint density at radius 3 is 2.81 bits per heavy atom. The van der Waals surface area contributed by atoms with Gasteiger partial charge in [-0.1, -0.05) is 12.1 Å². The molecule has 1 aromatic carbocycles. The topological polar surface area (TPSA) is 68.7 Å². The first-order chi connectivity index (χ1) is 9.93. The van der Waals surface area contributed by atoms with Crippen LogP contribution in [0.1, 0.15) is 31.4 Å². The highest BCUT2D eigenvalue weighted by atomic mass is 32.1. The van der Waals surface area contributed by atoms with Crippen LogP contribution in [0.3, 0.4) is 0 Å². The second kappa shape index (κ2) is 5.13. The molecule has 0 radical (unpaired) electrons. The van der Waals surface area contributed by atoms with E-state index in [4.69, 9.17) is 9.47 Å². The van der Waals surface area contributed by atoms with Gasteiger partial charge in [-0.2, -0.15) is 0 Å². The van der Waals surface area contributed by atoms with Gasteiger partial charge in [0.1, 0.15) is 16.9 Å². The summed E-state index contributed by atoms with van der Waals surface area (Å²) < 4.78 is 11.6. The normalized spacial score (nSPS) is 18.8. The highest BCUT2D eigenvalue weighted by Crippen LogP contribution is 2.32. The number of ether oxygens (including phenoxy) is 2. The molecule has 1 aliphatic heterocycles. The first-order valence-electron chi connectivity index (χ1n) is 6.59. The number of rotatable bonds is 3. The molecule has 0 bridgehead atoms. The Balaban J connectivity index is 1.79. The summed E-state index contributed by atoms with van der Waals surface area (Å²) in [5, 5.41) is 10.9. The fourth-order valence-electron chi connectivity index (χ4n) is 2.18. The summed E-state index contributed by atoms with van der Waals surface area (Å²) in [6, 6.07) is 7.70. The number of hydrogen-bond acceptors (Lipinski definition) is 6. The van der Waals surface area contributed by atoms with E-state index in [2.05, 4.69) is 4.98 Å². The molecule has 0 saturated carbocycles. The lowest BCUT2D eigenvalue weighted by molar-refractivity contribution is -0.206. The van der Waals surface area contributed by atoms with Gasteiger partial charge in [-0.25, -0.2) is 9.78 Å². The number of carbonyl (C=O) groups excluding carboxylic acids is 1. The van der Waals surface area contributed by atoms with Gasteiger partial charge < -0.3 is 14.6 Å². The number of carbonyl (C=O) groups is 1. The molecule has 0 spiro atoms. The number of cyclic esters (lactones) is 1. The average Bonchev–Trinajstić information content (AvgIpc) is 2.79. The van der Waals surface area contributed by atoms with Crippen molar-refractivity contribution in [3.05, 3.63) is 41.1 Å². The standard InChI is InChI=1S/C15H15NO4S/c1-15(2)19-9(8-13(18)20-15)7-11(17)14-16-10-5-3-4-6-12(10)21-14/h3-6,8,11,17H,7H2,1-2H3/t11-/m1/s1. The van der Waals surface area contributed by atoms with E-state index in [-0.39, 0.29) is 6.42 Å². The summed E-state index contributed by atoms with van der Waals surface area (Å²) in [7, 11) is 0. The Morgan fingerprint density at radius 1 is 1.33 bits per heavy atom. The zero-order valence-electron chi connectivity index (χ0n) is 11.7. The SMILES string of the molecule is CC1(C)OC(=O)C=C(C[C@@H](O)c2nc3ccccc3s2)O1. The Morgan fingerprint density at radius 2 is 2.10 bits per heavy atom. The number of esters is 1. The van der Waals surface area contributed by atoms with Crippen molar-refractivity contribution < 1.29 is 19.4 Å². The second-order valence-electron chi connectivity index (χ2n) is 5.27. The number of para-hydroxylation sites is 1. The molecular weight excluding hydrogens is 290 g/mol. The number of aromatic nitrogens is 1. The predicted molar refractivity (Wildman–Crippen MR) is 78.5 cm³/mol. The monoisotopic (exact) mass is 305 g/mol. The van der Waals surface area contributed by atoms with E-state index in [1.54, 1.807) is 13.8 Å². The van der Waals surface area contributed by atoms with Crippen LogP contribution < -0.4 is 0 Å². The molecule has 0 aliphatic carbocycles. The fraction of sp³-hybridized carbons (Fsp3) is 0.333. The quantitative estimate of drug-likeness (QED) is 0.883. The van der Waals surface area contributed by atoms with Gasteiger partial charge in [0.2, 0.25) is 5.79 Å². The Labute approximate surface area is 125 Å². The van der Waals surface area contributed by atoms with E-state index in [0.29, 0.717) is 10.8 Å². The molecule has 6 heteroatoms. The lowest BCUT2D eigenvalue weighted by Gasteiger charge is -2.31. The molecule has 1 aromatic heterocycles. The van der Waals surface area contributed by atoms with Crippen molar-refractivity contribution in [3.63, 3.8) is 0 Å². The molecule has 0 saturated heterocycles. The molecule has 21 heavy (non-hydrogen) atoms. The van der Waals surface area contributed by atoms with Gasteiger partial charge in [0.05, 0.1) is 16.3 Å². The summed E-state index contributed by atoms with van der Waals surface area (Å²) >= 11 is 1.43. The molecule has 2 aromatic rings. The average molecular weight is 305 g/mol. The van der Waals surface area contributed by atoms with Gasteiger partial charge in [0.15, 0.2) is 0 Å². The number of aliphatic hydroxyl groups excluding tert-OH is 1. The number of hydrogen-bond donors (Lipinski definition) is 1. The summed E-state index contributed by atoms with van der Waals surface area (Å²) in [5.74, 6) is -1.06. The summed E-state index contributed by atoms with van der Waals surface area (Å²) in [6.45, 7) is 3.31. The minimum absolute atomic E-state index is 0.193. The van der Waals surface area contributed by atoms with Crippen LogP contribution in [-0.2, 0) is 14.3 Å². The zero-order chi connectivity index (χ0) is 15.0. The van der Waals surface area contributed by atoms with Gasteiger partial charge in [0, 0.05) is 20.3 Å². The maximum absolute atomic E-state index is 11.5. The minimum Gasteiger partial charge on any atom is -0.457 e. The van der Waals surface area contributed by atoms with Crippen molar-refractivity contribution in [2.24, 2.45) is 0 Å². The maximum Gasteiger partial charge on any atom is 0.337 e. The van der Waals surface area contributed by atoms with E-state index in [1.807, 2.05) is 24.3 Å². The van der Waals surface area contributed by atoms with Crippen LogP contribution in [0.2, 0.25) is 0 Å². The van der Waals surface area contributed by atoms with E-state index in [9.17, 15) is 9.90 Å².